The third-order valence-electron chi connectivity index (χ3n) is 4.19. The second kappa shape index (κ2) is 9.26. The molecule has 3 rings (SSSR count). The Kier molecular flexibility index (Phi) is 6.30. The van der Waals surface area contributed by atoms with Crippen LogP contribution in [0.2, 0.25) is 0 Å². The lowest BCUT2D eigenvalue weighted by molar-refractivity contribution is -0.385. The van der Waals surface area contributed by atoms with Crippen LogP contribution in [0.4, 0.5) is 11.4 Å². The zero-order valence-corrected chi connectivity index (χ0v) is 16.3. The van der Waals surface area contributed by atoms with E-state index in [2.05, 4.69) is 17.2 Å². The van der Waals surface area contributed by atoms with Gasteiger partial charge in [0.25, 0.3) is 11.6 Å². The third kappa shape index (κ3) is 4.75. The fourth-order valence-electron chi connectivity index (χ4n) is 2.74. The molecule has 3 aromatic rings. The van der Waals surface area contributed by atoms with Gasteiger partial charge in [-0.1, -0.05) is 36.1 Å². The summed E-state index contributed by atoms with van der Waals surface area (Å²) in [6.45, 7) is 0. The molecule has 7 heteroatoms. The molecule has 0 unspecified atom stereocenters. The first kappa shape index (κ1) is 20.4. The van der Waals surface area contributed by atoms with Gasteiger partial charge in [-0.25, -0.2) is 0 Å². The first-order valence-electron chi connectivity index (χ1n) is 8.90. The number of nitrogens with zero attached hydrogens (tertiary/aromatic N) is 1. The van der Waals surface area contributed by atoms with E-state index in [4.69, 9.17) is 9.47 Å². The molecule has 30 heavy (non-hydrogen) atoms. The summed E-state index contributed by atoms with van der Waals surface area (Å²) in [5.41, 5.74) is 1.50. The highest BCUT2D eigenvalue weighted by Crippen LogP contribution is 2.34. The van der Waals surface area contributed by atoms with E-state index in [9.17, 15) is 14.9 Å². The first-order valence-corrected chi connectivity index (χ1v) is 8.90. The van der Waals surface area contributed by atoms with Crippen LogP contribution in [0.15, 0.2) is 66.7 Å². The molecule has 0 aliphatic rings. The van der Waals surface area contributed by atoms with Crippen LogP contribution in [0.5, 0.6) is 11.5 Å². The lowest BCUT2D eigenvalue weighted by atomic mass is 10.1. The van der Waals surface area contributed by atoms with Gasteiger partial charge in [0.1, 0.15) is 5.56 Å². The van der Waals surface area contributed by atoms with Crippen molar-refractivity contribution in [3.8, 4) is 23.3 Å². The Bertz CT molecular complexity index is 1150. The van der Waals surface area contributed by atoms with E-state index in [0.29, 0.717) is 11.3 Å². The highest BCUT2D eigenvalue weighted by molar-refractivity contribution is 6.07. The van der Waals surface area contributed by atoms with Crippen LogP contribution >= 0.6 is 0 Å². The summed E-state index contributed by atoms with van der Waals surface area (Å²) in [5, 5.41) is 14.1. The molecular weight excluding hydrogens is 384 g/mol. The largest absolute Gasteiger partial charge is 0.493 e. The predicted molar refractivity (Wildman–Crippen MR) is 113 cm³/mol. The van der Waals surface area contributed by atoms with Crippen molar-refractivity contribution >= 4 is 17.3 Å². The number of amides is 1. The second-order valence-corrected chi connectivity index (χ2v) is 6.13. The molecule has 0 aromatic heterocycles. The maximum Gasteiger partial charge on any atom is 0.286 e. The van der Waals surface area contributed by atoms with Gasteiger partial charge in [0.2, 0.25) is 0 Å². The van der Waals surface area contributed by atoms with Crippen LogP contribution in [0.3, 0.4) is 0 Å². The first-order chi connectivity index (χ1) is 14.5. The van der Waals surface area contributed by atoms with E-state index in [-0.39, 0.29) is 22.7 Å². The number of ether oxygens (including phenoxy) is 2. The minimum atomic E-state index is -0.643. The van der Waals surface area contributed by atoms with Crippen LogP contribution < -0.4 is 14.8 Å². The van der Waals surface area contributed by atoms with E-state index in [1.54, 1.807) is 18.2 Å². The average Bonchev–Trinajstić information content (AvgIpc) is 2.77. The lowest BCUT2D eigenvalue weighted by Gasteiger charge is -2.11. The van der Waals surface area contributed by atoms with Gasteiger partial charge in [-0.15, -0.1) is 0 Å². The van der Waals surface area contributed by atoms with Crippen LogP contribution in [-0.2, 0) is 0 Å². The van der Waals surface area contributed by atoms with E-state index in [1.165, 1.54) is 20.3 Å². The summed E-state index contributed by atoms with van der Waals surface area (Å²) in [5.74, 6) is 5.81. The van der Waals surface area contributed by atoms with Gasteiger partial charge in [-0.3, -0.25) is 14.9 Å². The molecule has 0 saturated carbocycles. The van der Waals surface area contributed by atoms with E-state index < -0.39 is 10.8 Å². The number of rotatable bonds is 5. The summed E-state index contributed by atoms with van der Waals surface area (Å²) in [4.78, 5) is 23.5. The van der Waals surface area contributed by atoms with Crippen molar-refractivity contribution in [3.63, 3.8) is 0 Å². The third-order valence-corrected chi connectivity index (χ3v) is 4.19. The summed E-state index contributed by atoms with van der Waals surface area (Å²) < 4.78 is 10.2. The Morgan fingerprint density at radius 2 is 1.53 bits per heavy atom. The summed E-state index contributed by atoms with van der Waals surface area (Å²) >= 11 is 0. The minimum Gasteiger partial charge on any atom is -0.493 e. The Morgan fingerprint density at radius 3 is 2.20 bits per heavy atom. The number of benzene rings is 3. The Labute approximate surface area is 173 Å². The van der Waals surface area contributed by atoms with Crippen molar-refractivity contribution in [1.29, 1.82) is 0 Å². The average molecular weight is 402 g/mol. The van der Waals surface area contributed by atoms with E-state index in [0.717, 1.165) is 11.6 Å². The second-order valence-electron chi connectivity index (χ2n) is 6.13. The lowest BCUT2D eigenvalue weighted by Crippen LogP contribution is -2.14. The van der Waals surface area contributed by atoms with E-state index in [1.807, 2.05) is 36.4 Å². The fraction of sp³-hybridized carbons (Fsp3) is 0.0870. The molecule has 1 N–H and O–H groups in total. The molecule has 0 fully saturated rings. The van der Waals surface area contributed by atoms with Crippen molar-refractivity contribution in [1.82, 2.24) is 0 Å². The molecule has 0 bridgehead atoms. The van der Waals surface area contributed by atoms with Crippen LogP contribution in [-0.4, -0.2) is 25.1 Å². The normalized spacial score (nSPS) is 9.80. The van der Waals surface area contributed by atoms with Gasteiger partial charge in [0.15, 0.2) is 11.5 Å². The van der Waals surface area contributed by atoms with Gasteiger partial charge in [0.05, 0.1) is 25.2 Å². The molecular formula is C23H18N2O5. The molecule has 1 amide bonds. The Hall–Kier alpha value is -4.31. The standard InChI is InChI=1S/C23H18N2O5/c1-29-21-14-19(20(25(27)28)15-22(21)30-2)23(26)24-18-10-6-9-17(13-18)12-11-16-7-4-3-5-8-16/h3-10,13-15H,1-2H3,(H,24,26). The number of nitrogens with one attached hydrogen (secondary N) is 1. The minimum absolute atomic E-state index is 0.140. The highest BCUT2D eigenvalue weighted by Gasteiger charge is 2.24. The molecule has 0 heterocycles. The molecule has 150 valence electrons. The number of methoxy groups -OCH3 is 2. The molecule has 0 spiro atoms. The maximum absolute atomic E-state index is 12.7. The summed E-state index contributed by atoms with van der Waals surface area (Å²) in [7, 11) is 2.75. The maximum atomic E-state index is 12.7. The van der Waals surface area contributed by atoms with Gasteiger partial charge >= 0.3 is 0 Å². The number of carbonyl (C=O) groups is 1. The molecule has 0 radical (unpaired) electrons. The van der Waals surface area contributed by atoms with Crippen molar-refractivity contribution in [2.24, 2.45) is 0 Å². The Morgan fingerprint density at radius 1 is 0.900 bits per heavy atom. The predicted octanol–water partition coefficient (Wildman–Crippen LogP) is 4.26. The van der Waals surface area contributed by atoms with Crippen LogP contribution in [0, 0.1) is 22.0 Å². The van der Waals surface area contributed by atoms with Gasteiger partial charge in [0, 0.05) is 22.9 Å². The van der Waals surface area contributed by atoms with E-state index >= 15 is 0 Å². The van der Waals surface area contributed by atoms with Gasteiger partial charge in [-0.05, 0) is 30.3 Å². The number of anilines is 1. The molecule has 3 aromatic carbocycles. The molecule has 0 atom stereocenters. The van der Waals surface area contributed by atoms with Crippen molar-refractivity contribution < 1.29 is 19.2 Å². The zero-order chi connectivity index (χ0) is 21.5. The highest BCUT2D eigenvalue weighted by atomic mass is 16.6. The number of nitro groups is 1. The smallest absolute Gasteiger partial charge is 0.286 e. The van der Waals surface area contributed by atoms with Crippen molar-refractivity contribution in [2.45, 2.75) is 0 Å². The quantitative estimate of drug-likeness (QED) is 0.391. The summed E-state index contributed by atoms with van der Waals surface area (Å²) in [6.07, 6.45) is 0. The fourth-order valence-corrected chi connectivity index (χ4v) is 2.74. The number of nitro benzene ring substituents is 1. The van der Waals surface area contributed by atoms with Gasteiger partial charge in [-0.2, -0.15) is 0 Å². The monoisotopic (exact) mass is 402 g/mol. The zero-order valence-electron chi connectivity index (χ0n) is 16.3. The molecule has 0 saturated heterocycles. The van der Waals surface area contributed by atoms with Crippen LogP contribution in [0.25, 0.3) is 0 Å². The number of carbonyl (C=O) groups excluding carboxylic acids is 1. The Balaban J connectivity index is 1.88. The van der Waals surface area contributed by atoms with Crippen molar-refractivity contribution in [3.05, 3.63) is 93.5 Å². The molecule has 0 aliphatic heterocycles. The number of hydrogen-bond acceptors (Lipinski definition) is 5. The SMILES string of the molecule is COc1cc(C(=O)Nc2cccc(C#Cc3ccccc3)c2)c([N+](=O)[O-])cc1OC. The topological polar surface area (TPSA) is 90.7 Å². The summed E-state index contributed by atoms with van der Waals surface area (Å²) in [6, 6.07) is 18.9. The van der Waals surface area contributed by atoms with Crippen molar-refractivity contribution in [2.75, 3.05) is 19.5 Å². The van der Waals surface area contributed by atoms with Gasteiger partial charge < -0.3 is 14.8 Å². The number of hydrogen-bond donors (Lipinski definition) is 1. The molecule has 0 aliphatic carbocycles. The molecule has 7 nitrogen and oxygen atoms in total. The van der Waals surface area contributed by atoms with Crippen LogP contribution in [0.1, 0.15) is 21.5 Å².